The van der Waals surface area contributed by atoms with Crippen molar-refractivity contribution in [1.82, 2.24) is 4.31 Å². The van der Waals surface area contributed by atoms with Crippen LogP contribution in [0.3, 0.4) is 0 Å². The highest BCUT2D eigenvalue weighted by Crippen LogP contribution is 2.28. The van der Waals surface area contributed by atoms with Gasteiger partial charge >= 0.3 is 0 Å². The number of aryl methyl sites for hydroxylation is 1. The summed E-state index contributed by atoms with van der Waals surface area (Å²) in [5.41, 5.74) is 1.47. The second kappa shape index (κ2) is 7.05. The molecule has 1 N–H and O–H groups in total. The molecule has 7 nitrogen and oxygen atoms in total. The van der Waals surface area contributed by atoms with Crippen LogP contribution in [0.5, 0.6) is 0 Å². The van der Waals surface area contributed by atoms with Crippen LogP contribution in [0.2, 0.25) is 0 Å². The third-order valence-electron chi connectivity index (χ3n) is 4.43. The number of nitrogens with zero attached hydrogens (tertiary/aromatic N) is 1. The van der Waals surface area contributed by atoms with E-state index in [0.29, 0.717) is 30.0 Å². The SMILES string of the molecule is O=C1CCc2cc(S(=O)(=O)N(Cc3ccco3)Cc3ccco3)ccc2N1. The van der Waals surface area contributed by atoms with Crippen LogP contribution in [0.25, 0.3) is 0 Å². The predicted octanol–water partition coefficient (Wildman–Crippen LogP) is 3.15. The smallest absolute Gasteiger partial charge is 0.243 e. The van der Waals surface area contributed by atoms with Crippen molar-refractivity contribution in [2.75, 3.05) is 5.32 Å². The highest BCUT2D eigenvalue weighted by Gasteiger charge is 2.28. The number of sulfonamides is 1. The summed E-state index contributed by atoms with van der Waals surface area (Å²) in [6, 6.07) is 11.7. The number of nitrogens with one attached hydrogen (secondary N) is 1. The van der Waals surface area contributed by atoms with E-state index in [9.17, 15) is 13.2 Å². The number of carbonyl (C=O) groups is 1. The summed E-state index contributed by atoms with van der Waals surface area (Å²) in [6.07, 6.45) is 3.88. The molecule has 0 fully saturated rings. The predicted molar refractivity (Wildman–Crippen MR) is 97.2 cm³/mol. The second-order valence-corrected chi connectivity index (χ2v) is 8.24. The average molecular weight is 386 g/mol. The van der Waals surface area contributed by atoms with Gasteiger partial charge in [0.15, 0.2) is 0 Å². The molecule has 0 saturated carbocycles. The summed E-state index contributed by atoms with van der Waals surface area (Å²) in [4.78, 5) is 11.7. The van der Waals surface area contributed by atoms with E-state index in [1.54, 1.807) is 36.4 Å². The Morgan fingerprint density at radius 3 is 2.22 bits per heavy atom. The van der Waals surface area contributed by atoms with E-state index in [-0.39, 0.29) is 23.9 Å². The maximum absolute atomic E-state index is 13.3. The van der Waals surface area contributed by atoms with E-state index < -0.39 is 10.0 Å². The Kier molecular flexibility index (Phi) is 4.59. The van der Waals surface area contributed by atoms with Crippen LogP contribution in [0.15, 0.2) is 68.7 Å². The molecule has 0 saturated heterocycles. The number of carbonyl (C=O) groups excluding carboxylic acids is 1. The molecule has 0 radical (unpaired) electrons. The number of fused-ring (bicyclic) bond motifs is 1. The summed E-state index contributed by atoms with van der Waals surface area (Å²) in [5, 5.41) is 2.76. The molecule has 4 rings (SSSR count). The lowest BCUT2D eigenvalue weighted by molar-refractivity contribution is -0.116. The molecular formula is C19H18N2O5S. The fraction of sp³-hybridized carbons (Fsp3) is 0.211. The lowest BCUT2D eigenvalue weighted by atomic mass is 10.0. The lowest BCUT2D eigenvalue weighted by Gasteiger charge is -2.22. The van der Waals surface area contributed by atoms with E-state index in [0.717, 1.165) is 5.56 Å². The first-order valence-corrected chi connectivity index (χ1v) is 9.94. The second-order valence-electron chi connectivity index (χ2n) is 6.30. The van der Waals surface area contributed by atoms with Gasteiger partial charge in [0, 0.05) is 12.1 Å². The first-order chi connectivity index (χ1) is 13.0. The monoisotopic (exact) mass is 386 g/mol. The van der Waals surface area contributed by atoms with Gasteiger partial charge in [0.05, 0.1) is 30.5 Å². The van der Waals surface area contributed by atoms with Gasteiger partial charge in [-0.1, -0.05) is 0 Å². The first-order valence-electron chi connectivity index (χ1n) is 8.50. The zero-order chi connectivity index (χ0) is 18.9. The van der Waals surface area contributed by atoms with E-state index in [4.69, 9.17) is 8.83 Å². The molecule has 140 valence electrons. The summed E-state index contributed by atoms with van der Waals surface area (Å²) in [7, 11) is -3.80. The van der Waals surface area contributed by atoms with Crippen LogP contribution >= 0.6 is 0 Å². The minimum atomic E-state index is -3.80. The molecule has 2 aromatic heterocycles. The summed E-state index contributed by atoms with van der Waals surface area (Å²) < 4.78 is 38.6. The lowest BCUT2D eigenvalue weighted by Crippen LogP contribution is -2.30. The number of rotatable bonds is 6. The Hall–Kier alpha value is -2.84. The standard InChI is InChI=1S/C19H18N2O5S/c22-19-8-5-14-11-17(6-7-18(14)20-19)27(23,24)21(12-15-3-1-9-25-15)13-16-4-2-10-26-16/h1-4,6-7,9-11H,5,8,12-13H2,(H,20,22). The minimum Gasteiger partial charge on any atom is -0.468 e. The van der Waals surface area contributed by atoms with Crippen LogP contribution in [-0.4, -0.2) is 18.6 Å². The van der Waals surface area contributed by atoms with Crippen LogP contribution in [0, 0.1) is 0 Å². The quantitative estimate of drug-likeness (QED) is 0.702. The third-order valence-corrected chi connectivity index (χ3v) is 6.22. The van der Waals surface area contributed by atoms with Crippen molar-refractivity contribution >= 4 is 21.6 Å². The van der Waals surface area contributed by atoms with Crippen molar-refractivity contribution in [3.05, 3.63) is 72.1 Å². The summed E-state index contributed by atoms with van der Waals surface area (Å²) >= 11 is 0. The Balaban J connectivity index is 1.68. The zero-order valence-corrected chi connectivity index (χ0v) is 15.2. The van der Waals surface area contributed by atoms with Gasteiger partial charge in [0.1, 0.15) is 11.5 Å². The number of furan rings is 2. The summed E-state index contributed by atoms with van der Waals surface area (Å²) in [5.74, 6) is 1.01. The van der Waals surface area contributed by atoms with Gasteiger partial charge in [-0.05, 0) is 54.4 Å². The Morgan fingerprint density at radius 2 is 1.63 bits per heavy atom. The normalized spacial score (nSPS) is 14.2. The fourth-order valence-electron chi connectivity index (χ4n) is 3.05. The molecule has 8 heteroatoms. The molecule has 0 atom stereocenters. The van der Waals surface area contributed by atoms with Gasteiger partial charge < -0.3 is 14.2 Å². The number of benzene rings is 1. The molecule has 0 spiro atoms. The van der Waals surface area contributed by atoms with Gasteiger partial charge in [0.25, 0.3) is 0 Å². The number of anilines is 1. The first kappa shape index (κ1) is 17.6. The zero-order valence-electron chi connectivity index (χ0n) is 14.4. The number of hydrogen-bond acceptors (Lipinski definition) is 5. The number of amides is 1. The van der Waals surface area contributed by atoms with Crippen molar-refractivity contribution in [3.8, 4) is 0 Å². The maximum Gasteiger partial charge on any atom is 0.243 e. The Labute approximate surface area is 156 Å². The number of hydrogen-bond donors (Lipinski definition) is 1. The van der Waals surface area contributed by atoms with Gasteiger partial charge in [-0.25, -0.2) is 8.42 Å². The van der Waals surface area contributed by atoms with Crippen LogP contribution in [0.4, 0.5) is 5.69 Å². The highest BCUT2D eigenvalue weighted by atomic mass is 32.2. The average Bonchev–Trinajstić information content (AvgIpc) is 3.34. The van der Waals surface area contributed by atoms with Crippen molar-refractivity contribution < 1.29 is 22.0 Å². The maximum atomic E-state index is 13.3. The molecular weight excluding hydrogens is 368 g/mol. The van der Waals surface area contributed by atoms with Crippen LogP contribution < -0.4 is 5.32 Å². The van der Waals surface area contributed by atoms with Crippen LogP contribution in [0.1, 0.15) is 23.5 Å². The van der Waals surface area contributed by atoms with E-state index in [2.05, 4.69) is 5.32 Å². The van der Waals surface area contributed by atoms with Crippen molar-refractivity contribution in [2.45, 2.75) is 30.8 Å². The van der Waals surface area contributed by atoms with Gasteiger partial charge in [-0.2, -0.15) is 4.31 Å². The molecule has 0 aliphatic carbocycles. The van der Waals surface area contributed by atoms with Crippen molar-refractivity contribution in [2.24, 2.45) is 0 Å². The molecule has 1 aliphatic heterocycles. The minimum absolute atomic E-state index is 0.0598. The van der Waals surface area contributed by atoms with Crippen molar-refractivity contribution in [3.63, 3.8) is 0 Å². The molecule has 0 unspecified atom stereocenters. The van der Waals surface area contributed by atoms with E-state index in [1.165, 1.54) is 22.9 Å². The van der Waals surface area contributed by atoms with Gasteiger partial charge in [0.2, 0.25) is 15.9 Å². The molecule has 27 heavy (non-hydrogen) atoms. The van der Waals surface area contributed by atoms with Gasteiger partial charge in [-0.15, -0.1) is 0 Å². The molecule has 0 bridgehead atoms. The van der Waals surface area contributed by atoms with Crippen molar-refractivity contribution in [1.29, 1.82) is 0 Å². The van der Waals surface area contributed by atoms with Crippen LogP contribution in [-0.2, 0) is 34.3 Å². The molecule has 1 amide bonds. The van der Waals surface area contributed by atoms with E-state index in [1.807, 2.05) is 0 Å². The molecule has 1 aliphatic rings. The highest BCUT2D eigenvalue weighted by molar-refractivity contribution is 7.89. The van der Waals surface area contributed by atoms with E-state index >= 15 is 0 Å². The topological polar surface area (TPSA) is 92.8 Å². The largest absolute Gasteiger partial charge is 0.468 e. The van der Waals surface area contributed by atoms with Gasteiger partial charge in [-0.3, -0.25) is 4.79 Å². The summed E-state index contributed by atoms with van der Waals surface area (Å²) in [6.45, 7) is 0.174. The third kappa shape index (κ3) is 3.67. The molecule has 1 aromatic carbocycles. The Morgan fingerprint density at radius 1 is 0.963 bits per heavy atom. The fourth-order valence-corrected chi connectivity index (χ4v) is 4.47. The molecule has 3 aromatic rings. The Bertz CT molecular complexity index is 1000. The molecule has 3 heterocycles.